The average Bonchev–Trinajstić information content (AvgIpc) is 2.65. The van der Waals surface area contributed by atoms with Gasteiger partial charge < -0.3 is 5.32 Å². The molecule has 2 rings (SSSR count). The minimum absolute atomic E-state index is 0.0192. The van der Waals surface area contributed by atoms with E-state index < -0.39 is 32.5 Å². The van der Waals surface area contributed by atoms with Gasteiger partial charge in [-0.05, 0) is 18.9 Å². The van der Waals surface area contributed by atoms with E-state index in [1.165, 1.54) is 0 Å². The molecule has 0 amide bonds. The van der Waals surface area contributed by atoms with Gasteiger partial charge in [0.2, 0.25) is 0 Å². The molecule has 1 saturated heterocycles. The maximum absolute atomic E-state index is 13.3. The molecule has 1 unspecified atom stereocenters. The lowest BCUT2D eigenvalue weighted by molar-refractivity contribution is 0.486. The fraction of sp³-hybridized carbons (Fsp3) is 0.500. The highest BCUT2D eigenvalue weighted by molar-refractivity contribution is 7.92. The van der Waals surface area contributed by atoms with Crippen LogP contribution in [0.4, 0.5) is 13.2 Å². The van der Waals surface area contributed by atoms with E-state index in [-0.39, 0.29) is 24.4 Å². The second kappa shape index (κ2) is 5.50. The van der Waals surface area contributed by atoms with Crippen molar-refractivity contribution in [2.75, 3.05) is 12.3 Å². The Labute approximate surface area is 109 Å². The van der Waals surface area contributed by atoms with Crippen LogP contribution in [0.25, 0.3) is 0 Å². The third-order valence-corrected chi connectivity index (χ3v) is 5.52. The Kier molecular flexibility index (Phi) is 4.15. The number of rotatable bonds is 4. The van der Waals surface area contributed by atoms with E-state index in [0.29, 0.717) is 18.9 Å². The van der Waals surface area contributed by atoms with Gasteiger partial charge in [-0.25, -0.2) is 21.6 Å². The van der Waals surface area contributed by atoms with Crippen molar-refractivity contribution in [2.24, 2.45) is 0 Å². The molecule has 1 aliphatic heterocycles. The molecule has 1 fully saturated rings. The molecule has 0 spiro atoms. The van der Waals surface area contributed by atoms with Gasteiger partial charge in [-0.2, -0.15) is 0 Å². The minimum atomic E-state index is -3.06. The summed E-state index contributed by atoms with van der Waals surface area (Å²) in [6, 6.07) is 1.26. The summed E-state index contributed by atoms with van der Waals surface area (Å²) < 4.78 is 62.1. The first-order valence-electron chi connectivity index (χ1n) is 5.96. The van der Waals surface area contributed by atoms with Crippen LogP contribution in [0.3, 0.4) is 0 Å². The van der Waals surface area contributed by atoms with E-state index >= 15 is 0 Å². The Balaban J connectivity index is 1.95. The maximum atomic E-state index is 13.3. The summed E-state index contributed by atoms with van der Waals surface area (Å²) in [6.45, 7) is 0.163. The first kappa shape index (κ1) is 14.3. The van der Waals surface area contributed by atoms with Gasteiger partial charge in [-0.15, -0.1) is 0 Å². The summed E-state index contributed by atoms with van der Waals surface area (Å²) in [7, 11) is -3.06. The zero-order valence-corrected chi connectivity index (χ0v) is 10.9. The number of nitrogens with one attached hydrogen (secondary N) is 1. The Morgan fingerprint density at radius 3 is 2.47 bits per heavy atom. The second-order valence-electron chi connectivity index (χ2n) is 4.62. The molecule has 0 bridgehead atoms. The fourth-order valence-corrected chi connectivity index (χ4v) is 3.95. The van der Waals surface area contributed by atoms with E-state index in [4.69, 9.17) is 0 Å². The molecule has 7 heteroatoms. The topological polar surface area (TPSA) is 46.2 Å². The summed E-state index contributed by atoms with van der Waals surface area (Å²) in [5.41, 5.74) is -0.0192. The second-order valence-corrected chi connectivity index (χ2v) is 7.02. The van der Waals surface area contributed by atoms with Crippen LogP contribution in [-0.4, -0.2) is 26.0 Å². The van der Waals surface area contributed by atoms with Crippen LogP contribution in [0.5, 0.6) is 0 Å². The predicted octanol–water partition coefficient (Wildman–Crippen LogP) is 1.77. The molecule has 1 aliphatic rings. The molecule has 19 heavy (non-hydrogen) atoms. The number of hydrogen-bond acceptors (Lipinski definition) is 3. The van der Waals surface area contributed by atoms with Crippen molar-refractivity contribution in [3.63, 3.8) is 0 Å². The van der Waals surface area contributed by atoms with Gasteiger partial charge in [-0.1, -0.05) is 0 Å². The average molecular weight is 293 g/mol. The normalized spacial score (nSPS) is 21.7. The van der Waals surface area contributed by atoms with Crippen LogP contribution in [0.15, 0.2) is 12.1 Å². The highest BCUT2D eigenvalue weighted by Gasteiger charge is 2.30. The van der Waals surface area contributed by atoms with E-state index in [1.54, 1.807) is 0 Å². The third kappa shape index (κ3) is 3.27. The van der Waals surface area contributed by atoms with Gasteiger partial charge in [0.25, 0.3) is 0 Å². The maximum Gasteiger partial charge on any atom is 0.161 e. The molecule has 1 heterocycles. The van der Waals surface area contributed by atoms with Gasteiger partial charge in [0.1, 0.15) is 5.82 Å². The van der Waals surface area contributed by atoms with Crippen molar-refractivity contribution in [3.8, 4) is 0 Å². The van der Waals surface area contributed by atoms with Crippen molar-refractivity contribution in [3.05, 3.63) is 35.1 Å². The molecular weight excluding hydrogens is 279 g/mol. The number of hydrogen-bond donors (Lipinski definition) is 1. The van der Waals surface area contributed by atoms with E-state index in [0.717, 1.165) is 6.07 Å². The summed E-state index contributed by atoms with van der Waals surface area (Å²) >= 11 is 0. The summed E-state index contributed by atoms with van der Waals surface area (Å²) in [5.74, 6) is -3.02. The van der Waals surface area contributed by atoms with E-state index in [1.807, 2.05) is 0 Å². The van der Waals surface area contributed by atoms with Crippen molar-refractivity contribution >= 4 is 9.84 Å². The molecule has 106 valence electrons. The van der Waals surface area contributed by atoms with Gasteiger partial charge in [0.05, 0.1) is 11.0 Å². The van der Waals surface area contributed by atoms with Crippen molar-refractivity contribution in [1.29, 1.82) is 0 Å². The van der Waals surface area contributed by atoms with Crippen LogP contribution >= 0.6 is 0 Å². The molecule has 0 saturated carbocycles. The van der Waals surface area contributed by atoms with Gasteiger partial charge >= 0.3 is 0 Å². The lowest BCUT2D eigenvalue weighted by Crippen LogP contribution is -2.30. The first-order chi connectivity index (χ1) is 8.90. The molecule has 1 aromatic rings. The van der Waals surface area contributed by atoms with Gasteiger partial charge in [0.15, 0.2) is 21.5 Å². The van der Waals surface area contributed by atoms with Gasteiger partial charge in [-0.3, -0.25) is 0 Å². The highest BCUT2D eigenvalue weighted by atomic mass is 32.2. The molecule has 0 aromatic heterocycles. The zero-order chi connectivity index (χ0) is 14.0. The van der Waals surface area contributed by atoms with Crippen LogP contribution in [0.1, 0.15) is 18.4 Å². The summed E-state index contributed by atoms with van der Waals surface area (Å²) in [5, 5.41) is 2.31. The summed E-state index contributed by atoms with van der Waals surface area (Å²) in [4.78, 5) is 0. The molecule has 0 radical (unpaired) electrons. The molecule has 1 aromatic carbocycles. The highest BCUT2D eigenvalue weighted by Crippen LogP contribution is 2.19. The van der Waals surface area contributed by atoms with Crippen LogP contribution < -0.4 is 5.32 Å². The van der Waals surface area contributed by atoms with Crippen LogP contribution in [-0.2, 0) is 16.4 Å². The minimum Gasteiger partial charge on any atom is -0.311 e. The molecule has 1 N–H and O–H groups in total. The number of benzene rings is 1. The van der Waals surface area contributed by atoms with Crippen LogP contribution in [0.2, 0.25) is 0 Å². The third-order valence-electron chi connectivity index (χ3n) is 3.24. The number of halogens is 3. The lowest BCUT2D eigenvalue weighted by Gasteiger charge is -2.11. The lowest BCUT2D eigenvalue weighted by atomic mass is 10.2. The van der Waals surface area contributed by atoms with Crippen molar-refractivity contribution < 1.29 is 21.6 Å². The molecule has 3 nitrogen and oxygen atoms in total. The molecule has 1 atom stereocenters. The number of sulfone groups is 1. The predicted molar refractivity (Wildman–Crippen MR) is 64.8 cm³/mol. The zero-order valence-electron chi connectivity index (χ0n) is 10.1. The SMILES string of the molecule is O=S1(=O)CCCC1CNCc1cc(F)c(F)cc1F. The Morgan fingerprint density at radius 1 is 1.16 bits per heavy atom. The quantitative estimate of drug-likeness (QED) is 0.861. The Morgan fingerprint density at radius 2 is 1.84 bits per heavy atom. The first-order valence-corrected chi connectivity index (χ1v) is 7.67. The van der Waals surface area contributed by atoms with E-state index in [2.05, 4.69) is 5.32 Å². The Bertz CT molecular complexity index is 575. The van der Waals surface area contributed by atoms with Crippen LogP contribution in [0, 0.1) is 17.5 Å². The smallest absolute Gasteiger partial charge is 0.161 e. The standard InChI is InChI=1S/C12H14F3NO2S/c13-10-5-12(15)11(14)4-8(10)6-16-7-9-2-1-3-19(9,17)18/h4-5,9,16H,1-3,6-7H2. The van der Waals surface area contributed by atoms with Crippen molar-refractivity contribution in [2.45, 2.75) is 24.6 Å². The monoisotopic (exact) mass is 293 g/mol. The fourth-order valence-electron chi connectivity index (χ4n) is 2.15. The summed E-state index contributed by atoms with van der Waals surface area (Å²) in [6.07, 6.45) is 1.21. The largest absolute Gasteiger partial charge is 0.311 e. The van der Waals surface area contributed by atoms with E-state index in [9.17, 15) is 21.6 Å². The van der Waals surface area contributed by atoms with Gasteiger partial charge in [0, 0.05) is 24.7 Å². The molecular formula is C12H14F3NO2S. The molecule has 0 aliphatic carbocycles. The Hall–Kier alpha value is -1.08. The van der Waals surface area contributed by atoms with Crippen molar-refractivity contribution in [1.82, 2.24) is 5.32 Å².